The molecule has 1 aromatic rings. The van der Waals surface area contributed by atoms with Gasteiger partial charge in [-0.2, -0.15) is 8.42 Å². The minimum absolute atomic E-state index is 0.00410. The van der Waals surface area contributed by atoms with Crippen molar-refractivity contribution in [2.24, 2.45) is 5.14 Å². The molecule has 8 heteroatoms. The average Bonchev–Trinajstić information content (AvgIpc) is 2.77. The van der Waals surface area contributed by atoms with E-state index in [9.17, 15) is 8.42 Å². The molecule has 19 heavy (non-hydrogen) atoms. The van der Waals surface area contributed by atoms with Gasteiger partial charge in [0.05, 0.1) is 10.0 Å². The Morgan fingerprint density at radius 2 is 2.11 bits per heavy atom. The summed E-state index contributed by atoms with van der Waals surface area (Å²) in [4.78, 5) is 0. The lowest BCUT2D eigenvalue weighted by molar-refractivity contribution is 0.522. The van der Waals surface area contributed by atoms with E-state index in [0.717, 1.165) is 18.5 Å². The third-order valence-corrected chi connectivity index (χ3v) is 4.53. The summed E-state index contributed by atoms with van der Waals surface area (Å²) in [6.07, 6.45) is 0.912. The molecule has 1 fully saturated rings. The molecule has 0 spiro atoms. The summed E-state index contributed by atoms with van der Waals surface area (Å²) in [5, 5.41) is 9.20. The maximum absolute atomic E-state index is 10.9. The molecule has 1 aliphatic heterocycles. The van der Waals surface area contributed by atoms with Crippen LogP contribution in [0.3, 0.4) is 0 Å². The van der Waals surface area contributed by atoms with Crippen molar-refractivity contribution in [2.75, 3.05) is 13.1 Å². The van der Waals surface area contributed by atoms with E-state index in [-0.39, 0.29) is 18.5 Å². The first kappa shape index (κ1) is 15.0. The standard InChI is InChI=1S/C11H15Cl2N3O2S/c12-9-2-1-7(5-10(9)13)8-3-4-15-11(8)6-16-19(14,17)18/h1-2,5,8,11,15-16H,3-4,6H2,(H2,14,17,18)/t8-,11-/m0/s1. The second-order valence-corrected chi connectivity index (χ2v) is 6.72. The first-order valence-corrected chi connectivity index (χ1v) is 8.13. The van der Waals surface area contributed by atoms with Crippen molar-refractivity contribution < 1.29 is 8.42 Å². The summed E-state index contributed by atoms with van der Waals surface area (Å²) in [6.45, 7) is 1.08. The fraction of sp³-hybridized carbons (Fsp3) is 0.455. The van der Waals surface area contributed by atoms with Gasteiger partial charge >= 0.3 is 0 Å². The van der Waals surface area contributed by atoms with E-state index in [1.165, 1.54) is 0 Å². The van der Waals surface area contributed by atoms with Crippen molar-refractivity contribution in [3.8, 4) is 0 Å². The second kappa shape index (κ2) is 5.95. The van der Waals surface area contributed by atoms with Crippen LogP contribution in [-0.4, -0.2) is 27.5 Å². The van der Waals surface area contributed by atoms with Gasteiger partial charge in [-0.1, -0.05) is 29.3 Å². The van der Waals surface area contributed by atoms with Gasteiger partial charge in [0.25, 0.3) is 10.2 Å². The van der Waals surface area contributed by atoms with Gasteiger partial charge in [0.1, 0.15) is 0 Å². The summed E-state index contributed by atoms with van der Waals surface area (Å²) in [5.41, 5.74) is 1.04. The molecule has 2 atom stereocenters. The molecule has 1 heterocycles. The van der Waals surface area contributed by atoms with Gasteiger partial charge in [-0.25, -0.2) is 9.86 Å². The molecule has 1 aromatic carbocycles. The number of hydrogen-bond acceptors (Lipinski definition) is 3. The highest BCUT2D eigenvalue weighted by molar-refractivity contribution is 7.87. The molecule has 4 N–H and O–H groups in total. The van der Waals surface area contributed by atoms with Gasteiger partial charge in [-0.05, 0) is 30.7 Å². The Hall–Kier alpha value is -0.370. The molecule has 1 aliphatic rings. The van der Waals surface area contributed by atoms with E-state index in [2.05, 4.69) is 10.0 Å². The van der Waals surface area contributed by atoms with Gasteiger partial charge in [0.15, 0.2) is 0 Å². The Kier molecular flexibility index (Phi) is 4.70. The predicted molar refractivity (Wildman–Crippen MR) is 76.7 cm³/mol. The van der Waals surface area contributed by atoms with Crippen LogP contribution in [0.1, 0.15) is 17.9 Å². The van der Waals surface area contributed by atoms with Crippen LogP contribution in [0.5, 0.6) is 0 Å². The predicted octanol–water partition coefficient (Wildman–Crippen LogP) is 1.23. The number of hydrogen-bond donors (Lipinski definition) is 3. The highest BCUT2D eigenvalue weighted by Crippen LogP contribution is 2.32. The molecule has 0 aromatic heterocycles. The molecule has 0 radical (unpaired) electrons. The Morgan fingerprint density at radius 3 is 2.74 bits per heavy atom. The normalized spacial score (nSPS) is 23.7. The second-order valence-electron chi connectivity index (χ2n) is 4.52. The van der Waals surface area contributed by atoms with Crippen LogP contribution < -0.4 is 15.2 Å². The van der Waals surface area contributed by atoms with Crippen LogP contribution >= 0.6 is 23.2 Å². The maximum Gasteiger partial charge on any atom is 0.274 e. The van der Waals surface area contributed by atoms with Crippen LogP contribution in [0.2, 0.25) is 10.0 Å². The molecule has 5 nitrogen and oxygen atoms in total. The topological polar surface area (TPSA) is 84.2 Å². The van der Waals surface area contributed by atoms with E-state index >= 15 is 0 Å². The first-order chi connectivity index (χ1) is 8.87. The Bertz CT molecular complexity index is 565. The van der Waals surface area contributed by atoms with Crippen LogP contribution in [0.15, 0.2) is 18.2 Å². The molecule has 0 aliphatic carbocycles. The fourth-order valence-electron chi connectivity index (χ4n) is 2.33. The summed E-state index contributed by atoms with van der Waals surface area (Å²) in [5.74, 6) is 0.184. The van der Waals surface area contributed by atoms with E-state index in [1.54, 1.807) is 6.07 Å². The lowest BCUT2D eigenvalue weighted by atomic mass is 9.92. The minimum Gasteiger partial charge on any atom is -0.312 e. The fourth-order valence-corrected chi connectivity index (χ4v) is 3.05. The molecule has 1 saturated heterocycles. The SMILES string of the molecule is NS(=O)(=O)NC[C@@H]1NCC[C@H]1c1ccc(Cl)c(Cl)c1. The van der Waals surface area contributed by atoms with Gasteiger partial charge in [-0.3, -0.25) is 0 Å². The lowest BCUT2D eigenvalue weighted by Crippen LogP contribution is -2.42. The monoisotopic (exact) mass is 323 g/mol. The molecule has 2 rings (SSSR count). The van der Waals surface area contributed by atoms with E-state index in [0.29, 0.717) is 10.0 Å². The zero-order chi connectivity index (χ0) is 14.0. The zero-order valence-electron chi connectivity index (χ0n) is 10.1. The van der Waals surface area contributed by atoms with Crippen LogP contribution in [0.4, 0.5) is 0 Å². The zero-order valence-corrected chi connectivity index (χ0v) is 12.4. The van der Waals surface area contributed by atoms with Crippen molar-refractivity contribution in [3.05, 3.63) is 33.8 Å². The van der Waals surface area contributed by atoms with Gasteiger partial charge < -0.3 is 5.32 Å². The molecule has 0 amide bonds. The third kappa shape index (κ3) is 4.05. The lowest BCUT2D eigenvalue weighted by Gasteiger charge is -2.20. The summed E-state index contributed by atoms with van der Waals surface area (Å²) in [6, 6.07) is 5.49. The highest BCUT2D eigenvalue weighted by atomic mass is 35.5. The number of halogens is 2. The molecular weight excluding hydrogens is 309 g/mol. The Labute approximate surface area is 122 Å². The van der Waals surface area contributed by atoms with E-state index in [1.807, 2.05) is 12.1 Å². The smallest absolute Gasteiger partial charge is 0.274 e. The first-order valence-electron chi connectivity index (χ1n) is 5.82. The van der Waals surface area contributed by atoms with Gasteiger partial charge in [0.2, 0.25) is 0 Å². The van der Waals surface area contributed by atoms with Crippen molar-refractivity contribution in [1.82, 2.24) is 10.0 Å². The number of benzene rings is 1. The van der Waals surface area contributed by atoms with Crippen LogP contribution in [0, 0.1) is 0 Å². The Morgan fingerprint density at radius 1 is 1.37 bits per heavy atom. The third-order valence-electron chi connectivity index (χ3n) is 3.22. The number of rotatable bonds is 4. The molecule has 0 saturated carbocycles. The van der Waals surface area contributed by atoms with Crippen molar-refractivity contribution in [3.63, 3.8) is 0 Å². The van der Waals surface area contributed by atoms with Crippen LogP contribution in [-0.2, 0) is 10.2 Å². The van der Waals surface area contributed by atoms with E-state index < -0.39 is 10.2 Å². The van der Waals surface area contributed by atoms with Crippen LogP contribution in [0.25, 0.3) is 0 Å². The molecule has 0 bridgehead atoms. The number of nitrogens with one attached hydrogen (secondary N) is 2. The van der Waals surface area contributed by atoms with Gasteiger partial charge in [-0.15, -0.1) is 0 Å². The summed E-state index contributed by atoms with van der Waals surface area (Å²) in [7, 11) is -3.67. The van der Waals surface area contributed by atoms with Gasteiger partial charge in [0, 0.05) is 18.5 Å². The summed E-state index contributed by atoms with van der Waals surface area (Å²) >= 11 is 11.9. The quantitative estimate of drug-likeness (QED) is 0.779. The number of nitrogens with two attached hydrogens (primary N) is 1. The van der Waals surface area contributed by atoms with Crippen molar-refractivity contribution >= 4 is 33.4 Å². The van der Waals surface area contributed by atoms with Crippen molar-refractivity contribution in [1.29, 1.82) is 0 Å². The maximum atomic E-state index is 10.9. The Balaban J connectivity index is 2.11. The highest BCUT2D eigenvalue weighted by Gasteiger charge is 2.29. The van der Waals surface area contributed by atoms with Crippen molar-refractivity contribution in [2.45, 2.75) is 18.4 Å². The summed E-state index contributed by atoms with van der Waals surface area (Å²) < 4.78 is 24.2. The van der Waals surface area contributed by atoms with E-state index in [4.69, 9.17) is 28.3 Å². The average molecular weight is 324 g/mol. The molecular formula is C11H15Cl2N3O2S. The molecule has 0 unspecified atom stereocenters. The minimum atomic E-state index is -3.67. The molecule has 106 valence electrons. The largest absolute Gasteiger partial charge is 0.312 e.